The SMILES string of the molecule is CCn1cc(N)c(C(=O)OCc2ccccc2Cl)n1. The highest BCUT2D eigenvalue weighted by Gasteiger charge is 2.16. The molecule has 1 heterocycles. The van der Waals surface area contributed by atoms with Crippen molar-refractivity contribution in [2.75, 3.05) is 5.73 Å². The first-order valence-corrected chi connectivity index (χ1v) is 6.23. The van der Waals surface area contributed by atoms with Gasteiger partial charge < -0.3 is 10.5 Å². The predicted octanol–water partition coefficient (Wildman–Crippen LogP) is 2.50. The smallest absolute Gasteiger partial charge is 0.361 e. The number of anilines is 1. The largest absolute Gasteiger partial charge is 0.456 e. The van der Waals surface area contributed by atoms with Crippen LogP contribution in [0.5, 0.6) is 0 Å². The van der Waals surface area contributed by atoms with E-state index in [4.69, 9.17) is 22.1 Å². The predicted molar refractivity (Wildman–Crippen MR) is 72.9 cm³/mol. The van der Waals surface area contributed by atoms with Gasteiger partial charge in [-0.15, -0.1) is 0 Å². The molecule has 5 nitrogen and oxygen atoms in total. The maximum atomic E-state index is 11.9. The number of hydrogen-bond acceptors (Lipinski definition) is 4. The van der Waals surface area contributed by atoms with Crippen LogP contribution in [-0.2, 0) is 17.9 Å². The number of carbonyl (C=O) groups is 1. The van der Waals surface area contributed by atoms with Gasteiger partial charge in [-0.05, 0) is 13.0 Å². The summed E-state index contributed by atoms with van der Waals surface area (Å²) in [6.45, 7) is 2.64. The highest BCUT2D eigenvalue weighted by Crippen LogP contribution is 2.17. The van der Waals surface area contributed by atoms with Crippen molar-refractivity contribution in [1.29, 1.82) is 0 Å². The molecule has 0 bridgehead atoms. The summed E-state index contributed by atoms with van der Waals surface area (Å²) in [5.74, 6) is -0.551. The van der Waals surface area contributed by atoms with Gasteiger partial charge in [0.1, 0.15) is 6.61 Å². The average Bonchev–Trinajstić information content (AvgIpc) is 2.79. The van der Waals surface area contributed by atoms with E-state index in [0.29, 0.717) is 17.3 Å². The van der Waals surface area contributed by atoms with E-state index in [0.717, 1.165) is 5.56 Å². The van der Waals surface area contributed by atoms with Crippen molar-refractivity contribution in [3.63, 3.8) is 0 Å². The van der Waals surface area contributed by atoms with E-state index in [1.54, 1.807) is 23.0 Å². The number of benzene rings is 1. The lowest BCUT2D eigenvalue weighted by atomic mass is 10.2. The number of nitrogen functional groups attached to an aromatic ring is 1. The number of aryl methyl sites for hydroxylation is 1. The summed E-state index contributed by atoms with van der Waals surface area (Å²) in [7, 11) is 0. The Labute approximate surface area is 115 Å². The van der Waals surface area contributed by atoms with Gasteiger partial charge in [0.15, 0.2) is 5.69 Å². The van der Waals surface area contributed by atoms with E-state index in [1.165, 1.54) is 0 Å². The van der Waals surface area contributed by atoms with Crippen molar-refractivity contribution in [1.82, 2.24) is 9.78 Å². The minimum absolute atomic E-state index is 0.0942. The summed E-state index contributed by atoms with van der Waals surface area (Å²) < 4.78 is 6.74. The molecular formula is C13H14ClN3O2. The highest BCUT2D eigenvalue weighted by molar-refractivity contribution is 6.31. The molecule has 1 aromatic heterocycles. The molecule has 2 aromatic rings. The standard InChI is InChI=1S/C13H14ClN3O2/c1-2-17-7-11(15)12(16-17)13(18)19-8-9-5-3-4-6-10(9)14/h3-7H,2,8,15H2,1H3. The maximum Gasteiger partial charge on any atom is 0.361 e. The molecule has 6 heteroatoms. The van der Waals surface area contributed by atoms with Crippen LogP contribution in [-0.4, -0.2) is 15.7 Å². The fourth-order valence-corrected chi connectivity index (χ4v) is 1.77. The summed E-state index contributed by atoms with van der Waals surface area (Å²) >= 11 is 5.98. The molecule has 100 valence electrons. The van der Waals surface area contributed by atoms with Gasteiger partial charge in [-0.25, -0.2) is 4.79 Å². The van der Waals surface area contributed by atoms with Crippen LogP contribution in [0.1, 0.15) is 23.0 Å². The van der Waals surface area contributed by atoms with Gasteiger partial charge in [0.2, 0.25) is 0 Å². The first-order chi connectivity index (χ1) is 9.11. The zero-order valence-electron chi connectivity index (χ0n) is 10.5. The summed E-state index contributed by atoms with van der Waals surface area (Å²) in [5, 5.41) is 4.60. The van der Waals surface area contributed by atoms with E-state index in [2.05, 4.69) is 5.10 Å². The van der Waals surface area contributed by atoms with Gasteiger partial charge >= 0.3 is 5.97 Å². The molecule has 19 heavy (non-hydrogen) atoms. The molecule has 0 saturated carbocycles. The Hall–Kier alpha value is -2.01. The van der Waals surface area contributed by atoms with Gasteiger partial charge in [-0.3, -0.25) is 4.68 Å². The molecule has 0 saturated heterocycles. The summed E-state index contributed by atoms with van der Waals surface area (Å²) in [6, 6.07) is 7.18. The summed E-state index contributed by atoms with van der Waals surface area (Å²) in [5.41, 5.74) is 6.89. The van der Waals surface area contributed by atoms with E-state index < -0.39 is 5.97 Å². The molecule has 0 spiro atoms. The van der Waals surface area contributed by atoms with Crippen LogP contribution in [0.15, 0.2) is 30.5 Å². The van der Waals surface area contributed by atoms with Crippen LogP contribution in [0.2, 0.25) is 5.02 Å². The molecule has 1 aromatic carbocycles. The van der Waals surface area contributed by atoms with Crippen LogP contribution in [0.4, 0.5) is 5.69 Å². The number of nitrogens with zero attached hydrogens (tertiary/aromatic N) is 2. The Morgan fingerprint density at radius 3 is 2.84 bits per heavy atom. The number of carbonyl (C=O) groups excluding carboxylic acids is 1. The number of hydrogen-bond donors (Lipinski definition) is 1. The van der Waals surface area contributed by atoms with Crippen LogP contribution >= 0.6 is 11.6 Å². The van der Waals surface area contributed by atoms with Crippen LogP contribution in [0.3, 0.4) is 0 Å². The van der Waals surface area contributed by atoms with Crippen LogP contribution in [0, 0.1) is 0 Å². The fourth-order valence-electron chi connectivity index (χ4n) is 1.58. The molecule has 0 aliphatic carbocycles. The Balaban J connectivity index is 2.05. The molecule has 2 rings (SSSR count). The van der Waals surface area contributed by atoms with Crippen molar-refractivity contribution in [3.05, 3.63) is 46.7 Å². The Bertz CT molecular complexity index is 595. The number of rotatable bonds is 4. The van der Waals surface area contributed by atoms with Gasteiger partial charge in [-0.1, -0.05) is 29.8 Å². The van der Waals surface area contributed by atoms with Crippen molar-refractivity contribution in [3.8, 4) is 0 Å². The normalized spacial score (nSPS) is 10.4. The van der Waals surface area contributed by atoms with Gasteiger partial charge in [0, 0.05) is 23.3 Å². The van der Waals surface area contributed by atoms with Crippen molar-refractivity contribution >= 4 is 23.3 Å². The van der Waals surface area contributed by atoms with E-state index in [1.807, 2.05) is 19.1 Å². The Morgan fingerprint density at radius 2 is 2.21 bits per heavy atom. The molecular weight excluding hydrogens is 266 g/mol. The third-order valence-corrected chi connectivity index (χ3v) is 2.99. The maximum absolute atomic E-state index is 11.9. The zero-order chi connectivity index (χ0) is 13.8. The van der Waals surface area contributed by atoms with E-state index in [-0.39, 0.29) is 12.3 Å². The van der Waals surface area contributed by atoms with Gasteiger partial charge in [-0.2, -0.15) is 5.10 Å². The number of ether oxygens (including phenoxy) is 1. The molecule has 0 fully saturated rings. The molecule has 0 amide bonds. The second-order valence-electron chi connectivity index (χ2n) is 3.96. The Morgan fingerprint density at radius 1 is 1.47 bits per heavy atom. The summed E-state index contributed by atoms with van der Waals surface area (Å²) in [6.07, 6.45) is 1.60. The monoisotopic (exact) mass is 279 g/mol. The number of aromatic nitrogens is 2. The van der Waals surface area contributed by atoms with E-state index >= 15 is 0 Å². The third-order valence-electron chi connectivity index (χ3n) is 2.62. The molecule has 0 unspecified atom stereocenters. The fraction of sp³-hybridized carbons (Fsp3) is 0.231. The van der Waals surface area contributed by atoms with Crippen molar-refractivity contribution in [2.24, 2.45) is 0 Å². The zero-order valence-corrected chi connectivity index (χ0v) is 11.2. The topological polar surface area (TPSA) is 70.1 Å². The molecule has 2 N–H and O–H groups in total. The molecule has 0 aliphatic heterocycles. The van der Waals surface area contributed by atoms with E-state index in [9.17, 15) is 4.79 Å². The second kappa shape index (κ2) is 5.75. The lowest BCUT2D eigenvalue weighted by Gasteiger charge is -2.05. The second-order valence-corrected chi connectivity index (χ2v) is 4.36. The quantitative estimate of drug-likeness (QED) is 0.873. The Kier molecular flexibility index (Phi) is 4.06. The third kappa shape index (κ3) is 3.06. The van der Waals surface area contributed by atoms with Crippen LogP contribution < -0.4 is 5.73 Å². The first-order valence-electron chi connectivity index (χ1n) is 5.85. The lowest BCUT2D eigenvalue weighted by molar-refractivity contribution is 0.0466. The first kappa shape index (κ1) is 13.4. The molecule has 0 aliphatic rings. The number of nitrogens with two attached hydrogens (primary N) is 1. The van der Waals surface area contributed by atoms with Gasteiger partial charge in [0.25, 0.3) is 0 Å². The van der Waals surface area contributed by atoms with Crippen molar-refractivity contribution in [2.45, 2.75) is 20.1 Å². The van der Waals surface area contributed by atoms with Crippen LogP contribution in [0.25, 0.3) is 0 Å². The lowest BCUT2D eigenvalue weighted by Crippen LogP contribution is -2.09. The minimum atomic E-state index is -0.551. The number of esters is 1. The average molecular weight is 280 g/mol. The minimum Gasteiger partial charge on any atom is -0.456 e. The van der Waals surface area contributed by atoms with Gasteiger partial charge in [0.05, 0.1) is 5.69 Å². The summed E-state index contributed by atoms with van der Waals surface area (Å²) in [4.78, 5) is 11.9. The molecule has 0 atom stereocenters. The highest BCUT2D eigenvalue weighted by atomic mass is 35.5. The van der Waals surface area contributed by atoms with Crippen molar-refractivity contribution < 1.29 is 9.53 Å². The number of halogens is 1. The molecule has 0 radical (unpaired) electrons.